The van der Waals surface area contributed by atoms with Gasteiger partial charge in [-0.2, -0.15) is 0 Å². The van der Waals surface area contributed by atoms with E-state index >= 15 is 0 Å². The Hall–Kier alpha value is -1.56. The zero-order chi connectivity index (χ0) is 14.5. The van der Waals surface area contributed by atoms with E-state index in [9.17, 15) is 9.00 Å². The number of nitrogen functional groups attached to an aromatic ring is 1. The molecule has 1 heterocycles. The number of hydrogen-bond donors (Lipinski definition) is 2. The lowest BCUT2D eigenvalue weighted by Gasteiger charge is -2.24. The Labute approximate surface area is 121 Å². The van der Waals surface area contributed by atoms with Gasteiger partial charge in [0, 0.05) is 39.7 Å². The van der Waals surface area contributed by atoms with Crippen molar-refractivity contribution < 1.29 is 13.7 Å². The van der Waals surface area contributed by atoms with Crippen molar-refractivity contribution in [2.24, 2.45) is 0 Å². The van der Waals surface area contributed by atoms with E-state index in [-0.39, 0.29) is 0 Å². The van der Waals surface area contributed by atoms with Crippen LogP contribution in [0.5, 0.6) is 0 Å². The molecule has 0 unspecified atom stereocenters. The maximum atomic E-state index is 11.8. The summed E-state index contributed by atoms with van der Waals surface area (Å²) < 4.78 is 16.3. The Balaban J connectivity index is 2.07. The maximum Gasteiger partial charge on any atom is 0.340 e. The standard InChI is InChI=1S/C14H20N2O3S/c1-2-19-14(17)12-9-11(3-4-13(12)15)16-10-5-7-20(18)8-6-10/h3-4,9-10,16H,2,5-8,15H2,1H3. The largest absolute Gasteiger partial charge is 0.462 e. The van der Waals surface area contributed by atoms with Gasteiger partial charge in [-0.3, -0.25) is 4.21 Å². The summed E-state index contributed by atoms with van der Waals surface area (Å²) in [6.07, 6.45) is 1.76. The summed E-state index contributed by atoms with van der Waals surface area (Å²) >= 11 is 0. The fraction of sp³-hybridized carbons (Fsp3) is 0.500. The molecule has 5 nitrogen and oxygen atoms in total. The van der Waals surface area contributed by atoms with Gasteiger partial charge in [0.15, 0.2) is 0 Å². The lowest BCUT2D eigenvalue weighted by molar-refractivity contribution is 0.0527. The van der Waals surface area contributed by atoms with Crippen LogP contribution in [0, 0.1) is 0 Å². The number of carbonyl (C=O) groups is 1. The lowest BCUT2D eigenvalue weighted by atomic mass is 10.1. The molecule has 0 spiro atoms. The van der Waals surface area contributed by atoms with E-state index in [2.05, 4.69) is 5.32 Å². The molecule has 1 saturated heterocycles. The number of nitrogens with one attached hydrogen (secondary N) is 1. The summed E-state index contributed by atoms with van der Waals surface area (Å²) in [4.78, 5) is 11.8. The molecule has 1 aromatic carbocycles. The van der Waals surface area contributed by atoms with Gasteiger partial charge < -0.3 is 15.8 Å². The monoisotopic (exact) mass is 296 g/mol. The molecule has 0 amide bonds. The van der Waals surface area contributed by atoms with Gasteiger partial charge in [0.25, 0.3) is 0 Å². The van der Waals surface area contributed by atoms with Crippen LogP contribution in [0.15, 0.2) is 18.2 Å². The van der Waals surface area contributed by atoms with Crippen LogP contribution in [-0.2, 0) is 15.5 Å². The number of carbonyl (C=O) groups excluding carboxylic acids is 1. The second-order valence-corrected chi connectivity index (χ2v) is 6.49. The molecule has 1 fully saturated rings. The van der Waals surface area contributed by atoms with Gasteiger partial charge in [0.2, 0.25) is 0 Å². The number of esters is 1. The molecule has 0 aromatic heterocycles. The molecule has 0 bridgehead atoms. The molecule has 0 aliphatic carbocycles. The van der Waals surface area contributed by atoms with Crippen LogP contribution in [0.3, 0.4) is 0 Å². The third kappa shape index (κ3) is 3.72. The van der Waals surface area contributed by atoms with Crippen LogP contribution in [0.4, 0.5) is 11.4 Å². The van der Waals surface area contributed by atoms with Crippen LogP contribution >= 0.6 is 0 Å². The summed E-state index contributed by atoms with van der Waals surface area (Å²) in [6.45, 7) is 2.09. The molecule has 110 valence electrons. The highest BCUT2D eigenvalue weighted by Gasteiger charge is 2.18. The van der Waals surface area contributed by atoms with Crippen molar-refractivity contribution in [2.75, 3.05) is 29.2 Å². The predicted molar refractivity (Wildman–Crippen MR) is 81.3 cm³/mol. The summed E-state index contributed by atoms with van der Waals surface area (Å²) in [5.74, 6) is 1.06. The number of anilines is 2. The van der Waals surface area contributed by atoms with Crippen molar-refractivity contribution in [1.29, 1.82) is 0 Å². The number of nitrogens with two attached hydrogens (primary N) is 1. The van der Waals surface area contributed by atoms with Gasteiger partial charge >= 0.3 is 5.97 Å². The minimum absolute atomic E-state index is 0.298. The first-order valence-corrected chi connectivity index (χ1v) is 8.27. The lowest BCUT2D eigenvalue weighted by Crippen LogP contribution is -2.29. The van der Waals surface area contributed by atoms with Crippen molar-refractivity contribution in [3.05, 3.63) is 23.8 Å². The van der Waals surface area contributed by atoms with Crippen LogP contribution < -0.4 is 11.1 Å². The summed E-state index contributed by atoms with van der Waals surface area (Å²) in [5.41, 5.74) is 7.45. The quantitative estimate of drug-likeness (QED) is 0.653. The Morgan fingerprint density at radius 3 is 2.80 bits per heavy atom. The van der Waals surface area contributed by atoms with Gasteiger partial charge in [-0.15, -0.1) is 0 Å². The van der Waals surface area contributed by atoms with E-state index in [4.69, 9.17) is 10.5 Å². The van der Waals surface area contributed by atoms with Crippen LogP contribution in [0.1, 0.15) is 30.1 Å². The first-order valence-electron chi connectivity index (χ1n) is 6.78. The molecule has 0 radical (unpaired) electrons. The van der Waals surface area contributed by atoms with Crippen molar-refractivity contribution >= 4 is 28.1 Å². The molecule has 3 N–H and O–H groups in total. The zero-order valence-corrected chi connectivity index (χ0v) is 12.4. The first kappa shape index (κ1) is 14.8. The highest BCUT2D eigenvalue weighted by molar-refractivity contribution is 7.85. The number of hydrogen-bond acceptors (Lipinski definition) is 5. The fourth-order valence-electron chi connectivity index (χ4n) is 2.21. The summed E-state index contributed by atoms with van der Waals surface area (Å²) in [5, 5.41) is 3.37. The van der Waals surface area contributed by atoms with Gasteiger partial charge in [-0.1, -0.05) is 0 Å². The van der Waals surface area contributed by atoms with Gasteiger partial charge in [0.1, 0.15) is 0 Å². The predicted octanol–water partition coefficient (Wildman–Crippen LogP) is 1.77. The van der Waals surface area contributed by atoms with Gasteiger partial charge in [0.05, 0.1) is 12.2 Å². The Kier molecular flexibility index (Phi) is 5.00. The normalized spacial score (nSPS) is 22.2. The molecule has 6 heteroatoms. The summed E-state index contributed by atoms with van der Waals surface area (Å²) in [7, 11) is -0.671. The molecule has 1 aromatic rings. The smallest absolute Gasteiger partial charge is 0.340 e. The molecule has 0 atom stereocenters. The molecule has 0 saturated carbocycles. The van der Waals surface area contributed by atoms with Crippen molar-refractivity contribution in [3.8, 4) is 0 Å². The van der Waals surface area contributed by atoms with Crippen molar-refractivity contribution in [3.63, 3.8) is 0 Å². The Bertz CT molecular complexity index is 509. The number of rotatable bonds is 4. The fourth-order valence-corrected chi connectivity index (χ4v) is 3.50. The second-order valence-electron chi connectivity index (χ2n) is 4.79. The van der Waals surface area contributed by atoms with E-state index in [0.29, 0.717) is 23.9 Å². The summed E-state index contributed by atoms with van der Waals surface area (Å²) in [6, 6.07) is 5.57. The van der Waals surface area contributed by atoms with E-state index in [1.807, 2.05) is 6.07 Å². The first-order chi connectivity index (χ1) is 9.60. The van der Waals surface area contributed by atoms with Crippen molar-refractivity contribution in [1.82, 2.24) is 0 Å². The Morgan fingerprint density at radius 1 is 1.45 bits per heavy atom. The van der Waals surface area contributed by atoms with E-state index in [0.717, 1.165) is 30.0 Å². The molecule has 20 heavy (non-hydrogen) atoms. The number of benzene rings is 1. The van der Waals surface area contributed by atoms with Gasteiger partial charge in [-0.25, -0.2) is 4.79 Å². The van der Waals surface area contributed by atoms with Crippen LogP contribution in [-0.4, -0.2) is 34.3 Å². The molecule has 2 rings (SSSR count). The van der Waals surface area contributed by atoms with E-state index in [1.54, 1.807) is 19.1 Å². The molecule has 1 aliphatic rings. The van der Waals surface area contributed by atoms with Crippen LogP contribution in [0.2, 0.25) is 0 Å². The molecule has 1 aliphatic heterocycles. The average molecular weight is 296 g/mol. The number of ether oxygens (including phenoxy) is 1. The zero-order valence-electron chi connectivity index (χ0n) is 11.6. The van der Waals surface area contributed by atoms with Gasteiger partial charge in [-0.05, 0) is 38.0 Å². The highest BCUT2D eigenvalue weighted by Crippen LogP contribution is 2.22. The minimum atomic E-state index is -0.671. The van der Waals surface area contributed by atoms with E-state index < -0.39 is 16.8 Å². The Morgan fingerprint density at radius 2 is 2.15 bits per heavy atom. The second kappa shape index (κ2) is 6.74. The van der Waals surface area contributed by atoms with E-state index in [1.165, 1.54) is 0 Å². The van der Waals surface area contributed by atoms with Crippen LogP contribution in [0.25, 0.3) is 0 Å². The topological polar surface area (TPSA) is 81.4 Å². The third-order valence-electron chi connectivity index (χ3n) is 3.31. The maximum absolute atomic E-state index is 11.8. The average Bonchev–Trinajstić information content (AvgIpc) is 2.43. The minimum Gasteiger partial charge on any atom is -0.462 e. The molecular weight excluding hydrogens is 276 g/mol. The SMILES string of the molecule is CCOC(=O)c1cc(NC2CCS(=O)CC2)ccc1N. The molecular formula is C14H20N2O3S. The van der Waals surface area contributed by atoms with Crippen molar-refractivity contribution in [2.45, 2.75) is 25.8 Å². The third-order valence-corrected chi connectivity index (χ3v) is 4.69. The highest BCUT2D eigenvalue weighted by atomic mass is 32.2.